The van der Waals surface area contributed by atoms with E-state index in [4.69, 9.17) is 4.74 Å². The summed E-state index contributed by atoms with van der Waals surface area (Å²) in [6.07, 6.45) is 6.69. The van der Waals surface area contributed by atoms with Crippen molar-refractivity contribution in [3.8, 4) is 5.75 Å². The molecule has 0 spiro atoms. The lowest BCUT2D eigenvalue weighted by molar-refractivity contribution is -0.137. The number of nitrogens with one attached hydrogen (secondary N) is 1. The fourth-order valence-electron chi connectivity index (χ4n) is 4.06. The molecule has 138 valence electrons. The molecule has 4 heteroatoms. The number of piperidine rings is 2. The molecule has 1 N–H and O–H groups in total. The van der Waals surface area contributed by atoms with Crippen molar-refractivity contribution < 1.29 is 9.53 Å². The van der Waals surface area contributed by atoms with E-state index in [9.17, 15) is 4.79 Å². The average Bonchev–Trinajstić information content (AvgIpc) is 2.68. The van der Waals surface area contributed by atoms with Gasteiger partial charge in [-0.3, -0.25) is 4.79 Å². The second-order valence-corrected chi connectivity index (χ2v) is 7.41. The first-order valence-corrected chi connectivity index (χ1v) is 9.97. The van der Waals surface area contributed by atoms with Crippen LogP contribution in [0.25, 0.3) is 0 Å². The SMILES string of the molecule is CCOc1ccc(CCC2CCN(C(=O)C3CCNCC3)CC2)cc1. The summed E-state index contributed by atoms with van der Waals surface area (Å²) in [5.74, 6) is 2.38. The topological polar surface area (TPSA) is 41.6 Å². The van der Waals surface area contributed by atoms with Crippen molar-refractivity contribution in [2.24, 2.45) is 11.8 Å². The fraction of sp³-hybridized carbons (Fsp3) is 0.667. The Hall–Kier alpha value is -1.55. The first-order valence-electron chi connectivity index (χ1n) is 9.97. The summed E-state index contributed by atoms with van der Waals surface area (Å²) in [7, 11) is 0. The highest BCUT2D eigenvalue weighted by atomic mass is 16.5. The van der Waals surface area contributed by atoms with Crippen LogP contribution in [0.1, 0.15) is 44.6 Å². The van der Waals surface area contributed by atoms with Crippen LogP contribution in [0.4, 0.5) is 0 Å². The molecule has 0 radical (unpaired) electrons. The molecule has 2 aliphatic heterocycles. The maximum Gasteiger partial charge on any atom is 0.225 e. The number of carbonyl (C=O) groups excluding carboxylic acids is 1. The van der Waals surface area contributed by atoms with Gasteiger partial charge in [0.15, 0.2) is 0 Å². The number of benzene rings is 1. The van der Waals surface area contributed by atoms with E-state index < -0.39 is 0 Å². The summed E-state index contributed by atoms with van der Waals surface area (Å²) in [6.45, 7) is 6.63. The van der Waals surface area contributed by atoms with Crippen molar-refractivity contribution in [2.75, 3.05) is 32.8 Å². The maximum atomic E-state index is 12.6. The van der Waals surface area contributed by atoms with Crippen molar-refractivity contribution in [2.45, 2.75) is 45.4 Å². The van der Waals surface area contributed by atoms with Gasteiger partial charge in [-0.1, -0.05) is 12.1 Å². The van der Waals surface area contributed by atoms with E-state index in [0.29, 0.717) is 12.5 Å². The van der Waals surface area contributed by atoms with Gasteiger partial charge < -0.3 is 15.0 Å². The minimum atomic E-state index is 0.265. The molecule has 2 fully saturated rings. The van der Waals surface area contributed by atoms with Crippen molar-refractivity contribution in [3.63, 3.8) is 0 Å². The molecule has 0 unspecified atom stereocenters. The fourth-order valence-corrected chi connectivity index (χ4v) is 4.06. The number of likely N-dealkylation sites (tertiary alicyclic amines) is 1. The van der Waals surface area contributed by atoms with Crippen LogP contribution in [0.2, 0.25) is 0 Å². The largest absolute Gasteiger partial charge is 0.494 e. The molecular weight excluding hydrogens is 312 g/mol. The summed E-state index contributed by atoms with van der Waals surface area (Å²) >= 11 is 0. The first-order chi connectivity index (χ1) is 12.3. The zero-order chi connectivity index (χ0) is 17.5. The van der Waals surface area contributed by atoms with Gasteiger partial charge in [0.05, 0.1) is 6.61 Å². The zero-order valence-electron chi connectivity index (χ0n) is 15.5. The zero-order valence-corrected chi connectivity index (χ0v) is 15.5. The Morgan fingerprint density at radius 2 is 1.80 bits per heavy atom. The highest BCUT2D eigenvalue weighted by Crippen LogP contribution is 2.25. The smallest absolute Gasteiger partial charge is 0.225 e. The average molecular weight is 344 g/mol. The van der Waals surface area contributed by atoms with Gasteiger partial charge in [-0.05, 0) is 82.2 Å². The molecule has 0 atom stereocenters. The number of aryl methyl sites for hydroxylation is 1. The van der Waals surface area contributed by atoms with E-state index in [-0.39, 0.29) is 5.92 Å². The molecule has 25 heavy (non-hydrogen) atoms. The quantitative estimate of drug-likeness (QED) is 0.861. The van der Waals surface area contributed by atoms with Crippen LogP contribution in [0.5, 0.6) is 5.75 Å². The molecule has 2 aliphatic rings. The van der Waals surface area contributed by atoms with Gasteiger partial charge >= 0.3 is 0 Å². The highest BCUT2D eigenvalue weighted by molar-refractivity contribution is 5.79. The lowest BCUT2D eigenvalue weighted by Crippen LogP contribution is -2.44. The van der Waals surface area contributed by atoms with Crippen LogP contribution < -0.4 is 10.1 Å². The number of ether oxygens (including phenoxy) is 1. The molecule has 1 aromatic carbocycles. The monoisotopic (exact) mass is 344 g/mol. The van der Waals surface area contributed by atoms with Crippen LogP contribution in [-0.2, 0) is 11.2 Å². The lowest BCUT2D eigenvalue weighted by atomic mass is 9.89. The van der Waals surface area contributed by atoms with E-state index in [1.54, 1.807) is 0 Å². The number of hydrogen-bond acceptors (Lipinski definition) is 3. The minimum absolute atomic E-state index is 0.265. The van der Waals surface area contributed by atoms with Crippen molar-refractivity contribution in [1.82, 2.24) is 10.2 Å². The second kappa shape index (κ2) is 9.23. The van der Waals surface area contributed by atoms with Crippen molar-refractivity contribution in [1.29, 1.82) is 0 Å². The Morgan fingerprint density at radius 3 is 2.44 bits per heavy atom. The molecule has 0 aliphatic carbocycles. The van der Waals surface area contributed by atoms with Crippen LogP contribution >= 0.6 is 0 Å². The molecule has 0 bridgehead atoms. The minimum Gasteiger partial charge on any atom is -0.494 e. The molecular formula is C21H32N2O2. The maximum absolute atomic E-state index is 12.6. The van der Waals surface area contributed by atoms with E-state index in [1.807, 2.05) is 6.92 Å². The molecule has 0 saturated carbocycles. The van der Waals surface area contributed by atoms with Gasteiger partial charge in [0, 0.05) is 19.0 Å². The van der Waals surface area contributed by atoms with Gasteiger partial charge in [-0.15, -0.1) is 0 Å². The highest BCUT2D eigenvalue weighted by Gasteiger charge is 2.28. The van der Waals surface area contributed by atoms with Gasteiger partial charge in [-0.2, -0.15) is 0 Å². The van der Waals surface area contributed by atoms with Crippen molar-refractivity contribution in [3.05, 3.63) is 29.8 Å². The molecule has 1 aromatic rings. The number of amides is 1. The van der Waals surface area contributed by atoms with Gasteiger partial charge in [0.2, 0.25) is 5.91 Å². The molecule has 1 amide bonds. The van der Waals surface area contributed by atoms with Gasteiger partial charge in [0.1, 0.15) is 5.75 Å². The van der Waals surface area contributed by atoms with E-state index in [2.05, 4.69) is 34.5 Å². The Labute approximate surface area is 151 Å². The van der Waals surface area contributed by atoms with Crippen LogP contribution in [0.15, 0.2) is 24.3 Å². The summed E-state index contributed by atoms with van der Waals surface area (Å²) in [5, 5.41) is 3.34. The van der Waals surface area contributed by atoms with E-state index >= 15 is 0 Å². The third-order valence-electron chi connectivity index (χ3n) is 5.69. The third kappa shape index (κ3) is 5.21. The Kier molecular flexibility index (Phi) is 6.74. The molecule has 2 saturated heterocycles. The van der Waals surface area contributed by atoms with Gasteiger partial charge in [0.25, 0.3) is 0 Å². The van der Waals surface area contributed by atoms with Crippen molar-refractivity contribution >= 4 is 5.91 Å². The number of nitrogens with zero attached hydrogens (tertiary/aromatic N) is 1. The Morgan fingerprint density at radius 1 is 1.12 bits per heavy atom. The predicted octanol–water partition coefficient (Wildman–Crippen LogP) is 3.26. The third-order valence-corrected chi connectivity index (χ3v) is 5.69. The van der Waals surface area contributed by atoms with Crippen LogP contribution in [0.3, 0.4) is 0 Å². The van der Waals surface area contributed by atoms with E-state index in [0.717, 1.165) is 70.0 Å². The normalized spacial score (nSPS) is 19.8. The summed E-state index contributed by atoms with van der Waals surface area (Å²) in [5.41, 5.74) is 1.39. The summed E-state index contributed by atoms with van der Waals surface area (Å²) in [4.78, 5) is 14.7. The van der Waals surface area contributed by atoms with Crippen LogP contribution in [-0.4, -0.2) is 43.6 Å². The molecule has 3 rings (SSSR count). The number of rotatable bonds is 6. The molecule has 4 nitrogen and oxygen atoms in total. The Bertz CT molecular complexity index is 529. The number of hydrogen-bond donors (Lipinski definition) is 1. The Balaban J connectivity index is 1.39. The summed E-state index contributed by atoms with van der Waals surface area (Å²) < 4.78 is 5.50. The lowest BCUT2D eigenvalue weighted by Gasteiger charge is -2.35. The van der Waals surface area contributed by atoms with Gasteiger partial charge in [-0.25, -0.2) is 0 Å². The molecule has 2 heterocycles. The number of carbonyl (C=O) groups is 1. The standard InChI is InChI=1S/C21H32N2O2/c1-2-25-20-7-5-17(6-8-20)3-4-18-11-15-23(16-12-18)21(24)19-9-13-22-14-10-19/h5-8,18-19,22H,2-4,9-16H2,1H3. The molecule has 0 aromatic heterocycles. The van der Waals surface area contributed by atoms with Crippen LogP contribution in [0, 0.1) is 11.8 Å². The first kappa shape index (κ1) is 18.2. The second-order valence-electron chi connectivity index (χ2n) is 7.41. The predicted molar refractivity (Wildman–Crippen MR) is 101 cm³/mol. The summed E-state index contributed by atoms with van der Waals surface area (Å²) in [6, 6.07) is 8.50. The van der Waals surface area contributed by atoms with E-state index in [1.165, 1.54) is 12.0 Å².